The highest BCUT2D eigenvalue weighted by molar-refractivity contribution is 9.10. The van der Waals surface area contributed by atoms with Crippen molar-refractivity contribution in [1.29, 1.82) is 0 Å². The van der Waals surface area contributed by atoms with E-state index in [1.54, 1.807) is 12.3 Å². The van der Waals surface area contributed by atoms with Crippen molar-refractivity contribution in [2.45, 2.75) is 27.2 Å². The second kappa shape index (κ2) is 7.10. The first-order valence-electron chi connectivity index (χ1n) is 6.09. The van der Waals surface area contributed by atoms with E-state index in [2.05, 4.69) is 34.8 Å². The zero-order valence-electron chi connectivity index (χ0n) is 10.9. The normalized spacial score (nSPS) is 12.3. The second-order valence-electron chi connectivity index (χ2n) is 4.35. The van der Waals surface area contributed by atoms with E-state index < -0.39 is 0 Å². The van der Waals surface area contributed by atoms with Crippen LogP contribution in [0.15, 0.2) is 16.7 Å². The van der Waals surface area contributed by atoms with Gasteiger partial charge in [0.25, 0.3) is 5.91 Å². The van der Waals surface area contributed by atoms with Crippen LogP contribution in [0.25, 0.3) is 0 Å². The molecule has 0 aliphatic carbocycles. The Labute approximate surface area is 122 Å². The minimum atomic E-state index is -0.0587. The number of carbonyl (C=O) groups excluding carboxylic acids is 1. The van der Waals surface area contributed by atoms with Crippen LogP contribution >= 0.6 is 27.5 Å². The van der Waals surface area contributed by atoms with Crippen LogP contribution in [0.3, 0.4) is 0 Å². The van der Waals surface area contributed by atoms with Gasteiger partial charge in [-0.25, -0.2) is 4.98 Å². The van der Waals surface area contributed by atoms with Crippen molar-refractivity contribution in [3.8, 4) is 0 Å². The fourth-order valence-corrected chi connectivity index (χ4v) is 2.12. The third-order valence-electron chi connectivity index (χ3n) is 2.93. The van der Waals surface area contributed by atoms with Crippen LogP contribution in [-0.2, 0) is 0 Å². The summed E-state index contributed by atoms with van der Waals surface area (Å²) < 4.78 is 0.759. The van der Waals surface area contributed by atoms with Crippen molar-refractivity contribution < 1.29 is 4.79 Å². The fourth-order valence-electron chi connectivity index (χ4n) is 1.60. The first kappa shape index (κ1) is 15.4. The highest BCUT2D eigenvalue weighted by atomic mass is 79.9. The Hall–Kier alpha value is -0.610. The molecule has 5 heteroatoms. The Morgan fingerprint density at radius 2 is 2.22 bits per heavy atom. The van der Waals surface area contributed by atoms with E-state index in [9.17, 15) is 4.79 Å². The van der Waals surface area contributed by atoms with Gasteiger partial charge in [-0.2, -0.15) is 0 Å². The van der Waals surface area contributed by atoms with Crippen molar-refractivity contribution in [2.24, 2.45) is 5.92 Å². The molecule has 0 spiro atoms. The average Bonchev–Trinajstić information content (AvgIpc) is 2.37. The molecule has 0 aromatic carbocycles. The van der Waals surface area contributed by atoms with Crippen LogP contribution in [0.4, 0.5) is 0 Å². The molecule has 0 N–H and O–H groups in total. The molecule has 100 valence electrons. The van der Waals surface area contributed by atoms with Crippen molar-refractivity contribution in [2.75, 3.05) is 13.1 Å². The highest BCUT2D eigenvalue weighted by Crippen LogP contribution is 2.20. The molecule has 0 saturated heterocycles. The molecule has 1 amide bonds. The number of nitrogens with zero attached hydrogens (tertiary/aromatic N) is 2. The number of carbonyl (C=O) groups is 1. The largest absolute Gasteiger partial charge is 0.339 e. The molecule has 0 saturated carbocycles. The summed E-state index contributed by atoms with van der Waals surface area (Å²) >= 11 is 9.29. The first-order valence-corrected chi connectivity index (χ1v) is 7.27. The third-order valence-corrected chi connectivity index (χ3v) is 3.67. The lowest BCUT2D eigenvalue weighted by Gasteiger charge is -2.24. The summed E-state index contributed by atoms with van der Waals surface area (Å²) in [6.07, 6.45) is 2.64. The summed E-state index contributed by atoms with van der Waals surface area (Å²) in [6, 6.07) is 1.72. The third kappa shape index (κ3) is 3.95. The smallest absolute Gasteiger partial charge is 0.257 e. The monoisotopic (exact) mass is 332 g/mol. The Morgan fingerprint density at radius 1 is 1.56 bits per heavy atom. The average molecular weight is 334 g/mol. The Kier molecular flexibility index (Phi) is 6.09. The van der Waals surface area contributed by atoms with Gasteiger partial charge in [-0.3, -0.25) is 4.79 Å². The SMILES string of the molecule is CCC(C)CN(CC)C(=O)c1cc(Br)cnc1Cl. The molecule has 0 radical (unpaired) electrons. The van der Waals surface area contributed by atoms with Gasteiger partial charge in [0, 0.05) is 23.8 Å². The van der Waals surface area contributed by atoms with Crippen molar-refractivity contribution >= 4 is 33.4 Å². The molecule has 0 aliphatic rings. The zero-order chi connectivity index (χ0) is 13.7. The standard InChI is InChI=1S/C13H18BrClN2O/c1-4-9(3)8-17(5-2)13(18)11-6-10(14)7-16-12(11)15/h6-7,9H,4-5,8H2,1-3H3. The van der Waals surface area contributed by atoms with E-state index in [0.29, 0.717) is 18.0 Å². The molecular formula is C13H18BrClN2O. The summed E-state index contributed by atoms with van der Waals surface area (Å²) in [7, 11) is 0. The summed E-state index contributed by atoms with van der Waals surface area (Å²) in [5.41, 5.74) is 0.455. The molecule has 1 atom stereocenters. The van der Waals surface area contributed by atoms with Gasteiger partial charge >= 0.3 is 0 Å². The van der Waals surface area contributed by atoms with Gasteiger partial charge in [0.15, 0.2) is 0 Å². The van der Waals surface area contributed by atoms with Gasteiger partial charge in [-0.15, -0.1) is 0 Å². The van der Waals surface area contributed by atoms with E-state index in [-0.39, 0.29) is 11.1 Å². The molecular weight excluding hydrogens is 316 g/mol. The molecule has 0 bridgehead atoms. The summed E-state index contributed by atoms with van der Waals surface area (Å²) in [4.78, 5) is 18.2. The Bertz CT molecular complexity index is 425. The minimum Gasteiger partial charge on any atom is -0.339 e. The van der Waals surface area contributed by atoms with Crippen molar-refractivity contribution in [3.63, 3.8) is 0 Å². The first-order chi connectivity index (χ1) is 8.49. The maximum absolute atomic E-state index is 12.4. The van der Waals surface area contributed by atoms with E-state index in [4.69, 9.17) is 11.6 Å². The molecule has 1 heterocycles. The topological polar surface area (TPSA) is 33.2 Å². The van der Waals surface area contributed by atoms with Gasteiger partial charge in [-0.1, -0.05) is 31.9 Å². The van der Waals surface area contributed by atoms with E-state index in [1.165, 1.54) is 0 Å². The van der Waals surface area contributed by atoms with Gasteiger partial charge < -0.3 is 4.90 Å². The Balaban J connectivity index is 2.92. The van der Waals surface area contributed by atoms with Crippen molar-refractivity contribution in [1.82, 2.24) is 9.88 Å². The maximum atomic E-state index is 12.4. The van der Waals surface area contributed by atoms with Crippen LogP contribution in [0.1, 0.15) is 37.6 Å². The lowest BCUT2D eigenvalue weighted by atomic mass is 10.1. The Morgan fingerprint density at radius 3 is 2.78 bits per heavy atom. The van der Waals surface area contributed by atoms with Gasteiger partial charge in [0.05, 0.1) is 5.56 Å². The quantitative estimate of drug-likeness (QED) is 0.763. The molecule has 1 aromatic rings. The molecule has 0 aliphatic heterocycles. The number of halogens is 2. The minimum absolute atomic E-state index is 0.0587. The summed E-state index contributed by atoms with van der Waals surface area (Å²) in [5.74, 6) is 0.421. The number of aromatic nitrogens is 1. The predicted octanol–water partition coefficient (Wildman–Crippen LogP) is 4.01. The fraction of sp³-hybridized carbons (Fsp3) is 0.538. The molecule has 1 aromatic heterocycles. The maximum Gasteiger partial charge on any atom is 0.257 e. The second-order valence-corrected chi connectivity index (χ2v) is 5.62. The zero-order valence-corrected chi connectivity index (χ0v) is 13.3. The van der Waals surface area contributed by atoms with Crippen molar-refractivity contribution in [3.05, 3.63) is 27.5 Å². The molecule has 1 unspecified atom stereocenters. The summed E-state index contributed by atoms with van der Waals surface area (Å²) in [5, 5.41) is 0.255. The van der Waals surface area contributed by atoms with Crippen LogP contribution < -0.4 is 0 Å². The van der Waals surface area contributed by atoms with E-state index in [1.807, 2.05) is 11.8 Å². The number of amides is 1. The molecule has 3 nitrogen and oxygen atoms in total. The number of hydrogen-bond donors (Lipinski definition) is 0. The van der Waals surface area contributed by atoms with E-state index in [0.717, 1.165) is 17.4 Å². The van der Waals surface area contributed by atoms with Crippen LogP contribution in [-0.4, -0.2) is 28.9 Å². The highest BCUT2D eigenvalue weighted by Gasteiger charge is 2.19. The molecule has 0 fully saturated rings. The van der Waals surface area contributed by atoms with Crippen LogP contribution in [0.2, 0.25) is 5.15 Å². The van der Waals surface area contributed by atoms with Gasteiger partial charge in [0.2, 0.25) is 0 Å². The van der Waals surface area contributed by atoms with Crippen LogP contribution in [0.5, 0.6) is 0 Å². The number of hydrogen-bond acceptors (Lipinski definition) is 2. The van der Waals surface area contributed by atoms with Crippen LogP contribution in [0, 0.1) is 5.92 Å². The number of pyridine rings is 1. The molecule has 1 rings (SSSR count). The predicted molar refractivity (Wildman–Crippen MR) is 78.0 cm³/mol. The lowest BCUT2D eigenvalue weighted by Crippen LogP contribution is -2.34. The summed E-state index contributed by atoms with van der Waals surface area (Å²) in [6.45, 7) is 7.65. The van der Waals surface area contributed by atoms with E-state index >= 15 is 0 Å². The van der Waals surface area contributed by atoms with Gasteiger partial charge in [0.1, 0.15) is 5.15 Å². The number of rotatable bonds is 5. The molecule has 18 heavy (non-hydrogen) atoms. The lowest BCUT2D eigenvalue weighted by molar-refractivity contribution is 0.0740. The van der Waals surface area contributed by atoms with Gasteiger partial charge in [-0.05, 0) is 34.8 Å².